The first kappa shape index (κ1) is 20.0. The molecule has 1 amide bonds. The van der Waals surface area contributed by atoms with Crippen LogP contribution in [-0.2, 0) is 9.53 Å². The number of nitrogens with one attached hydrogen (secondary N) is 3. The number of amides is 1. The molecule has 0 aromatic heterocycles. The Morgan fingerprint density at radius 1 is 0.960 bits per heavy atom. The Balaban J connectivity index is 1.42. The molecule has 0 aromatic carbocycles. The molecule has 2 rings (SSSR count). The smallest absolute Gasteiger partial charge is 0.220 e. The van der Waals surface area contributed by atoms with E-state index in [2.05, 4.69) is 20.9 Å². The van der Waals surface area contributed by atoms with Crippen LogP contribution in [0.5, 0.6) is 0 Å². The van der Waals surface area contributed by atoms with Gasteiger partial charge in [0.2, 0.25) is 5.91 Å². The molecule has 6 heteroatoms. The van der Waals surface area contributed by atoms with Gasteiger partial charge in [0.15, 0.2) is 5.96 Å². The number of hydrogen-bond donors (Lipinski definition) is 3. The molecule has 0 radical (unpaired) electrons. The molecule has 2 aliphatic rings. The minimum atomic E-state index is 0.185. The fraction of sp³-hybridized carbons (Fsp3) is 0.895. The molecule has 25 heavy (non-hydrogen) atoms. The fourth-order valence-corrected chi connectivity index (χ4v) is 3.24. The van der Waals surface area contributed by atoms with E-state index in [9.17, 15) is 4.79 Å². The maximum atomic E-state index is 12.0. The highest BCUT2D eigenvalue weighted by Gasteiger charge is 2.20. The predicted molar refractivity (Wildman–Crippen MR) is 102 cm³/mol. The summed E-state index contributed by atoms with van der Waals surface area (Å²) in [6.45, 7) is 3.90. The first-order valence-electron chi connectivity index (χ1n) is 10.1. The van der Waals surface area contributed by atoms with Gasteiger partial charge in [-0.2, -0.15) is 0 Å². The maximum Gasteiger partial charge on any atom is 0.220 e. The molecule has 2 saturated carbocycles. The van der Waals surface area contributed by atoms with Crippen molar-refractivity contribution in [3.63, 3.8) is 0 Å². The number of guanidine groups is 1. The van der Waals surface area contributed by atoms with Crippen LogP contribution in [0.3, 0.4) is 0 Å². The van der Waals surface area contributed by atoms with Gasteiger partial charge in [-0.1, -0.05) is 19.3 Å². The quantitative estimate of drug-likeness (QED) is 0.302. The second-order valence-corrected chi connectivity index (χ2v) is 7.36. The first-order chi connectivity index (χ1) is 12.3. The van der Waals surface area contributed by atoms with Crippen LogP contribution in [0.4, 0.5) is 0 Å². The van der Waals surface area contributed by atoms with Crippen molar-refractivity contribution in [2.45, 2.75) is 57.8 Å². The topological polar surface area (TPSA) is 74.8 Å². The second kappa shape index (κ2) is 12.1. The highest BCUT2D eigenvalue weighted by atomic mass is 16.5. The minimum Gasteiger partial charge on any atom is -0.381 e. The number of nitrogens with zero attached hydrogens (tertiary/aromatic N) is 1. The van der Waals surface area contributed by atoms with Crippen molar-refractivity contribution in [1.29, 1.82) is 0 Å². The summed E-state index contributed by atoms with van der Waals surface area (Å²) in [7, 11) is 1.76. The zero-order valence-corrected chi connectivity index (χ0v) is 15.8. The Kier molecular flexibility index (Phi) is 9.70. The molecule has 0 aromatic rings. The summed E-state index contributed by atoms with van der Waals surface area (Å²) in [5.74, 6) is 2.39. The molecule has 0 atom stereocenters. The first-order valence-corrected chi connectivity index (χ1v) is 10.1. The Morgan fingerprint density at radius 3 is 2.40 bits per heavy atom. The van der Waals surface area contributed by atoms with Gasteiger partial charge in [0.25, 0.3) is 0 Å². The van der Waals surface area contributed by atoms with Crippen LogP contribution in [0.15, 0.2) is 4.99 Å². The van der Waals surface area contributed by atoms with Crippen LogP contribution in [0.1, 0.15) is 57.8 Å². The number of hydrogen-bond acceptors (Lipinski definition) is 3. The normalized spacial score (nSPS) is 18.8. The summed E-state index contributed by atoms with van der Waals surface area (Å²) in [5.41, 5.74) is 0. The molecule has 2 aliphatic carbocycles. The summed E-state index contributed by atoms with van der Waals surface area (Å²) in [6.07, 6.45) is 10.7. The number of carbonyl (C=O) groups excluding carboxylic acids is 1. The zero-order valence-electron chi connectivity index (χ0n) is 15.8. The number of ether oxygens (including phenoxy) is 1. The van der Waals surface area contributed by atoms with Crippen LogP contribution in [0.25, 0.3) is 0 Å². The molecular formula is C19H36N4O2. The highest BCUT2D eigenvalue weighted by Crippen LogP contribution is 2.28. The van der Waals surface area contributed by atoms with Gasteiger partial charge < -0.3 is 20.7 Å². The molecule has 0 saturated heterocycles. The molecule has 0 spiro atoms. The largest absolute Gasteiger partial charge is 0.381 e. The molecule has 144 valence electrons. The minimum absolute atomic E-state index is 0.185. The lowest BCUT2D eigenvalue weighted by atomic mass is 9.87. The van der Waals surface area contributed by atoms with Gasteiger partial charge in [-0.3, -0.25) is 9.79 Å². The van der Waals surface area contributed by atoms with E-state index in [4.69, 9.17) is 4.74 Å². The van der Waals surface area contributed by atoms with Crippen molar-refractivity contribution < 1.29 is 9.53 Å². The lowest BCUT2D eigenvalue weighted by molar-refractivity contribution is -0.122. The highest BCUT2D eigenvalue weighted by molar-refractivity contribution is 5.79. The Morgan fingerprint density at radius 2 is 1.68 bits per heavy atom. The Bertz CT molecular complexity index is 404. The summed E-state index contributed by atoms with van der Waals surface area (Å²) in [6, 6.07) is 0. The van der Waals surface area contributed by atoms with E-state index in [1.165, 1.54) is 44.9 Å². The van der Waals surface area contributed by atoms with E-state index in [0.717, 1.165) is 38.1 Å². The zero-order chi connectivity index (χ0) is 17.7. The van der Waals surface area contributed by atoms with Gasteiger partial charge in [-0.05, 0) is 43.9 Å². The molecule has 0 heterocycles. The van der Waals surface area contributed by atoms with Gasteiger partial charge in [-0.15, -0.1) is 0 Å². The van der Waals surface area contributed by atoms with Gasteiger partial charge >= 0.3 is 0 Å². The lowest BCUT2D eigenvalue weighted by Gasteiger charge is -2.20. The average molecular weight is 353 g/mol. The van der Waals surface area contributed by atoms with Crippen molar-refractivity contribution in [3.8, 4) is 0 Å². The number of carbonyl (C=O) groups is 1. The third-order valence-corrected chi connectivity index (χ3v) is 4.97. The molecular weight excluding hydrogens is 316 g/mol. The van der Waals surface area contributed by atoms with Gasteiger partial charge in [-0.25, -0.2) is 0 Å². The molecule has 2 fully saturated rings. The van der Waals surface area contributed by atoms with Crippen LogP contribution in [0, 0.1) is 11.8 Å². The Hall–Kier alpha value is -1.30. The Labute approximate surface area is 152 Å². The van der Waals surface area contributed by atoms with Crippen LogP contribution in [0.2, 0.25) is 0 Å². The predicted octanol–water partition coefficient (Wildman–Crippen LogP) is 2.05. The van der Waals surface area contributed by atoms with E-state index in [1.54, 1.807) is 7.05 Å². The van der Waals surface area contributed by atoms with E-state index in [0.29, 0.717) is 25.4 Å². The third-order valence-electron chi connectivity index (χ3n) is 4.97. The van der Waals surface area contributed by atoms with Crippen molar-refractivity contribution in [2.75, 3.05) is 39.9 Å². The number of aliphatic imine (C=N–C) groups is 1. The van der Waals surface area contributed by atoms with E-state index < -0.39 is 0 Å². The second-order valence-electron chi connectivity index (χ2n) is 7.36. The van der Waals surface area contributed by atoms with E-state index in [1.807, 2.05) is 0 Å². The molecule has 0 bridgehead atoms. The van der Waals surface area contributed by atoms with Crippen molar-refractivity contribution in [3.05, 3.63) is 0 Å². The lowest BCUT2D eigenvalue weighted by Crippen LogP contribution is -2.42. The van der Waals surface area contributed by atoms with Crippen molar-refractivity contribution >= 4 is 11.9 Å². The number of rotatable bonds is 11. The SMILES string of the molecule is CN=C(NCCCOCC1CC1)NCCNC(=O)CC1CCCCC1. The summed E-state index contributed by atoms with van der Waals surface area (Å²) in [5, 5.41) is 9.51. The van der Waals surface area contributed by atoms with Crippen molar-refractivity contribution in [2.24, 2.45) is 16.8 Å². The molecule has 0 unspecified atom stereocenters. The molecule has 6 nitrogen and oxygen atoms in total. The monoisotopic (exact) mass is 352 g/mol. The standard InChI is InChI=1S/C19H36N4O2/c1-20-19(22-10-5-13-25-15-17-8-9-17)23-12-11-21-18(24)14-16-6-3-2-4-7-16/h16-17H,2-15H2,1H3,(H,21,24)(H2,20,22,23). The summed E-state index contributed by atoms with van der Waals surface area (Å²) in [4.78, 5) is 16.1. The van der Waals surface area contributed by atoms with Crippen molar-refractivity contribution in [1.82, 2.24) is 16.0 Å². The fourth-order valence-electron chi connectivity index (χ4n) is 3.24. The van der Waals surface area contributed by atoms with Gasteiger partial charge in [0.05, 0.1) is 0 Å². The van der Waals surface area contributed by atoms with Crippen LogP contribution < -0.4 is 16.0 Å². The van der Waals surface area contributed by atoms with Gasteiger partial charge in [0, 0.05) is 46.3 Å². The van der Waals surface area contributed by atoms with Crippen LogP contribution in [-0.4, -0.2) is 51.8 Å². The van der Waals surface area contributed by atoms with Gasteiger partial charge in [0.1, 0.15) is 0 Å². The summed E-state index contributed by atoms with van der Waals surface area (Å²) >= 11 is 0. The third kappa shape index (κ3) is 9.68. The molecule has 0 aliphatic heterocycles. The van der Waals surface area contributed by atoms with Crippen LogP contribution >= 0.6 is 0 Å². The molecule has 3 N–H and O–H groups in total. The maximum absolute atomic E-state index is 12.0. The van der Waals surface area contributed by atoms with E-state index in [-0.39, 0.29) is 5.91 Å². The average Bonchev–Trinajstić information content (AvgIpc) is 3.45. The summed E-state index contributed by atoms with van der Waals surface area (Å²) < 4.78 is 5.61. The van der Waals surface area contributed by atoms with E-state index >= 15 is 0 Å².